The molecule has 0 aliphatic carbocycles. The molecule has 0 aromatic heterocycles. The fourth-order valence-electron chi connectivity index (χ4n) is 6.63. The first-order chi connectivity index (χ1) is 27.8. The minimum atomic E-state index is -6.09. The van der Waals surface area contributed by atoms with E-state index in [1.807, 2.05) is 0 Å². The molecule has 0 aromatic rings. The minimum absolute atomic E-state index is 0.728. The molecule has 0 saturated carbocycles. The van der Waals surface area contributed by atoms with E-state index in [2.05, 4.69) is 13.2 Å². The van der Waals surface area contributed by atoms with Gasteiger partial charge in [-0.25, -0.2) is 0 Å². The van der Waals surface area contributed by atoms with Crippen molar-refractivity contribution in [2.75, 3.05) is 0 Å². The van der Waals surface area contributed by atoms with Crippen molar-refractivity contribution < 1.29 is 128 Å². The van der Waals surface area contributed by atoms with Gasteiger partial charge in [-0.1, -0.05) is 12.2 Å². The second kappa shape index (κ2) is 17.2. The molecule has 12 nitrogen and oxygen atoms in total. The van der Waals surface area contributed by atoms with Gasteiger partial charge < -0.3 is 49.4 Å². The first kappa shape index (κ1) is 52.4. The van der Waals surface area contributed by atoms with Crippen LogP contribution >= 0.6 is 0 Å². The Labute approximate surface area is 347 Å². The largest absolute Gasteiger partial charge is 0.482 e. The van der Waals surface area contributed by atoms with E-state index in [0.717, 1.165) is 12.2 Å². The standard InChI is InChI=1S/C24H34F18O12Si8/c1-3-11-55-43-57(13-5-19(25,26)27)49-60(16-8-22(34,35)36)46-56(12-4-2)47-61(50-57,17-9-23(37,38)39)52-59(45-55,15-7-21(31,32)33)54-62(48-56,18-10-24(40,41)42)53-58(44-55,51-60)14-6-20(28,29)30/h3-4H,1-2,5-18H2. The lowest BCUT2D eigenvalue weighted by Gasteiger charge is -2.63. The maximum atomic E-state index is 14.1. The Morgan fingerprint density at radius 1 is 0.258 bits per heavy atom. The van der Waals surface area contributed by atoms with E-state index >= 15 is 0 Å². The van der Waals surface area contributed by atoms with Crippen molar-refractivity contribution in [3.05, 3.63) is 25.3 Å². The Morgan fingerprint density at radius 2 is 0.387 bits per heavy atom. The van der Waals surface area contributed by atoms with Crippen LogP contribution in [0.25, 0.3) is 0 Å². The maximum Gasteiger partial charge on any atom is 0.482 e. The predicted octanol–water partition coefficient (Wildman–Crippen LogP) is 9.85. The summed E-state index contributed by atoms with van der Waals surface area (Å²) in [5.41, 5.74) is 0. The van der Waals surface area contributed by atoms with Gasteiger partial charge in [-0.3, -0.25) is 0 Å². The molecular formula is C24H34F18O12Si8. The van der Waals surface area contributed by atoms with Gasteiger partial charge in [-0.05, 0) is 0 Å². The van der Waals surface area contributed by atoms with Gasteiger partial charge in [0.2, 0.25) is 0 Å². The van der Waals surface area contributed by atoms with Gasteiger partial charge in [-0.2, -0.15) is 79.0 Å². The van der Waals surface area contributed by atoms with Crippen LogP contribution < -0.4 is 0 Å². The molecule has 62 heavy (non-hydrogen) atoms. The highest BCUT2D eigenvalue weighted by molar-refractivity contribution is 7.03. The van der Waals surface area contributed by atoms with Crippen molar-refractivity contribution in [1.29, 1.82) is 0 Å². The summed E-state index contributed by atoms with van der Waals surface area (Å²) in [6.07, 6.45) is -43.1. The molecule has 6 fully saturated rings. The molecule has 6 saturated heterocycles. The van der Waals surface area contributed by atoms with E-state index in [-0.39, 0.29) is 0 Å². The number of halogens is 18. The van der Waals surface area contributed by atoms with Gasteiger partial charge in [0.25, 0.3) is 0 Å². The quantitative estimate of drug-likeness (QED) is 0.0834. The van der Waals surface area contributed by atoms with Crippen LogP contribution in [0, 0.1) is 0 Å². The maximum absolute atomic E-state index is 14.1. The fraction of sp³-hybridized carbons (Fsp3) is 0.833. The van der Waals surface area contributed by atoms with Gasteiger partial charge in [0.1, 0.15) is 0 Å². The van der Waals surface area contributed by atoms with Crippen molar-refractivity contribution in [2.45, 2.75) is 124 Å². The minimum Gasteiger partial charge on any atom is -0.373 e. The Hall–Kier alpha value is -0.525. The Kier molecular flexibility index (Phi) is 14.6. The van der Waals surface area contributed by atoms with Crippen LogP contribution in [0.3, 0.4) is 0 Å². The molecule has 0 atom stereocenters. The molecular weight excluding hydrogens is 1050 g/mol. The summed E-state index contributed by atoms with van der Waals surface area (Å²) in [7, 11) is -48.2. The average Bonchev–Trinajstić information content (AvgIpc) is 3.01. The van der Waals surface area contributed by atoms with Gasteiger partial charge >= 0.3 is 107 Å². The van der Waals surface area contributed by atoms with E-state index in [4.69, 9.17) is 49.4 Å². The van der Waals surface area contributed by atoms with Crippen LogP contribution in [-0.2, 0) is 49.4 Å². The lowest BCUT2D eigenvalue weighted by molar-refractivity contribution is -0.137. The summed E-state index contributed by atoms with van der Waals surface area (Å²) < 4.78 is 327. The molecule has 360 valence electrons. The second-order valence-corrected chi connectivity index (χ2v) is 38.9. The second-order valence-electron chi connectivity index (χ2n) is 14.4. The van der Waals surface area contributed by atoms with Crippen molar-refractivity contribution >= 4 is 70.4 Å². The number of rotatable bonds is 16. The van der Waals surface area contributed by atoms with Crippen molar-refractivity contribution in [2.24, 2.45) is 0 Å². The van der Waals surface area contributed by atoms with Gasteiger partial charge in [0.15, 0.2) is 0 Å². The summed E-state index contributed by atoms with van der Waals surface area (Å²) >= 11 is 0. The van der Waals surface area contributed by atoms with Gasteiger partial charge in [0.05, 0.1) is 0 Å². The first-order valence-electron chi connectivity index (χ1n) is 17.9. The van der Waals surface area contributed by atoms with Gasteiger partial charge in [0, 0.05) is 86.9 Å². The zero-order valence-electron chi connectivity index (χ0n) is 31.2. The highest BCUT2D eigenvalue weighted by atomic mass is 28.6. The van der Waals surface area contributed by atoms with Crippen LogP contribution in [-0.4, -0.2) is 107 Å². The zero-order valence-corrected chi connectivity index (χ0v) is 39.2. The normalized spacial score (nSPS) is 38.0. The predicted molar refractivity (Wildman–Crippen MR) is 182 cm³/mol. The third-order valence-electron chi connectivity index (χ3n) is 8.81. The zero-order chi connectivity index (χ0) is 46.8. The van der Waals surface area contributed by atoms with E-state index < -0.39 is 194 Å². The lowest BCUT2D eigenvalue weighted by atomic mass is 10.5. The Balaban J connectivity index is 1.97. The molecule has 6 aliphatic heterocycles. The lowest BCUT2D eigenvalue weighted by Crippen LogP contribution is -2.88. The Bertz CT molecular complexity index is 1340. The van der Waals surface area contributed by atoms with Crippen LogP contribution in [0.1, 0.15) is 38.5 Å². The van der Waals surface area contributed by atoms with Crippen LogP contribution in [0.4, 0.5) is 79.0 Å². The molecule has 6 rings (SSSR count). The molecule has 38 heteroatoms. The highest BCUT2D eigenvalue weighted by Crippen LogP contribution is 2.56. The third-order valence-corrected chi connectivity index (χ3v) is 45.4. The van der Waals surface area contributed by atoms with Crippen molar-refractivity contribution in [3.63, 3.8) is 0 Å². The monoisotopic (exact) mass is 1080 g/mol. The van der Waals surface area contributed by atoms with Crippen LogP contribution in [0.15, 0.2) is 25.3 Å². The summed E-state index contributed by atoms with van der Waals surface area (Å²) in [6.45, 7) is 6.74. The van der Waals surface area contributed by atoms with Crippen LogP contribution in [0.5, 0.6) is 0 Å². The van der Waals surface area contributed by atoms with Crippen LogP contribution in [0.2, 0.25) is 48.4 Å². The summed E-state index contributed by atoms with van der Waals surface area (Å²) in [5, 5.41) is 0. The molecule has 6 aliphatic rings. The number of hydrogen-bond donors (Lipinski definition) is 0. The SMILES string of the molecule is C=CC[Si]12O[Si]3(CCC(F)(F)F)O[Si]4(CCC(F)(F)F)O[Si]5(CC=C)O[Si](CCC(F)(F)F)(O3)O[Si](CCC(F)(F)F)(O1)O[Si](CCC(F)(F)F)(O5)O[Si](CCC(F)(F)F)(O2)O4. The number of alkyl halides is 18. The van der Waals surface area contributed by atoms with E-state index in [1.54, 1.807) is 0 Å². The van der Waals surface area contributed by atoms with E-state index in [9.17, 15) is 79.0 Å². The summed E-state index contributed by atoms with van der Waals surface area (Å²) in [6, 6.07) is -12.5. The molecule has 0 aromatic carbocycles. The molecule has 8 bridgehead atoms. The smallest absolute Gasteiger partial charge is 0.373 e. The molecule has 0 amide bonds. The molecule has 0 radical (unpaired) electrons. The van der Waals surface area contributed by atoms with Gasteiger partial charge in [-0.15, -0.1) is 13.2 Å². The third kappa shape index (κ3) is 13.8. The molecule has 0 unspecified atom stereocenters. The van der Waals surface area contributed by atoms with Crippen molar-refractivity contribution in [3.8, 4) is 0 Å². The molecule has 6 heterocycles. The average molecular weight is 1080 g/mol. The van der Waals surface area contributed by atoms with E-state index in [1.165, 1.54) is 0 Å². The van der Waals surface area contributed by atoms with Crippen molar-refractivity contribution in [1.82, 2.24) is 0 Å². The topological polar surface area (TPSA) is 111 Å². The highest BCUT2D eigenvalue weighted by Gasteiger charge is 2.83. The summed E-state index contributed by atoms with van der Waals surface area (Å²) in [4.78, 5) is 0. The first-order valence-corrected chi connectivity index (χ1v) is 33.3. The number of allylic oxidation sites excluding steroid dienone is 2. The fourth-order valence-corrected chi connectivity index (χ4v) is 56.0. The molecule has 0 N–H and O–H groups in total. The number of hydrogen-bond acceptors (Lipinski definition) is 12. The summed E-state index contributed by atoms with van der Waals surface area (Å²) in [5.74, 6) is 0. The van der Waals surface area contributed by atoms with E-state index in [0.29, 0.717) is 0 Å². The molecule has 0 spiro atoms. The Morgan fingerprint density at radius 3 is 0.500 bits per heavy atom.